The van der Waals surface area contributed by atoms with Crippen molar-refractivity contribution < 1.29 is 9.13 Å². The molecule has 0 amide bonds. The first kappa shape index (κ1) is 6.95. The molecule has 0 unspecified atom stereocenters. The van der Waals surface area contributed by atoms with Crippen molar-refractivity contribution in [2.75, 3.05) is 0 Å². The van der Waals surface area contributed by atoms with E-state index in [1.165, 1.54) is 0 Å². The first-order chi connectivity index (χ1) is 3.68. The van der Waals surface area contributed by atoms with E-state index in [9.17, 15) is 4.39 Å². The Hall–Kier alpha value is -1.05. The molecule has 0 aromatic heterocycles. The second-order valence-corrected chi connectivity index (χ2v) is 1.11. The topological polar surface area (TPSA) is 9.23 Å². The summed E-state index contributed by atoms with van der Waals surface area (Å²) in [5.74, 6) is -0.773. The van der Waals surface area contributed by atoms with Crippen molar-refractivity contribution in [1.82, 2.24) is 0 Å². The molecule has 0 saturated heterocycles. The molecule has 0 spiro atoms. The van der Waals surface area contributed by atoms with E-state index < -0.39 is 5.83 Å². The zero-order valence-corrected chi connectivity index (χ0v) is 4.48. The van der Waals surface area contributed by atoms with Gasteiger partial charge in [0.05, 0.1) is 6.26 Å². The van der Waals surface area contributed by atoms with Gasteiger partial charge in [-0.25, -0.2) is 4.39 Å². The Kier molecular flexibility index (Phi) is 2.62. The van der Waals surface area contributed by atoms with Gasteiger partial charge in [-0.2, -0.15) is 0 Å². The van der Waals surface area contributed by atoms with Crippen molar-refractivity contribution in [1.29, 1.82) is 0 Å². The number of halogens is 1. The van der Waals surface area contributed by atoms with Crippen LogP contribution in [0.4, 0.5) is 4.39 Å². The zero-order valence-electron chi connectivity index (χ0n) is 4.48. The summed E-state index contributed by atoms with van der Waals surface area (Å²) in [6, 6.07) is 0. The van der Waals surface area contributed by atoms with E-state index in [4.69, 9.17) is 0 Å². The summed E-state index contributed by atoms with van der Waals surface area (Å²) >= 11 is 0. The summed E-state index contributed by atoms with van der Waals surface area (Å²) in [5.41, 5.74) is 0. The summed E-state index contributed by atoms with van der Waals surface area (Å²) < 4.78 is 16.2. The summed E-state index contributed by atoms with van der Waals surface area (Å²) in [4.78, 5) is 0. The van der Waals surface area contributed by atoms with Gasteiger partial charge in [0.1, 0.15) is 0 Å². The van der Waals surface area contributed by atoms with Crippen molar-refractivity contribution in [3.8, 4) is 0 Å². The van der Waals surface area contributed by atoms with Crippen LogP contribution >= 0.6 is 0 Å². The normalized spacial score (nSPS) is 7.62. The maximum Gasteiger partial charge on any atom is 0.157 e. The van der Waals surface area contributed by atoms with Gasteiger partial charge >= 0.3 is 0 Å². The molecule has 0 aliphatic rings. The fraction of sp³-hybridized carbons (Fsp3) is 0. The third kappa shape index (κ3) is 2.18. The molecule has 0 aliphatic heterocycles. The summed E-state index contributed by atoms with van der Waals surface area (Å²) in [6.45, 7) is 9.30. The molecule has 0 rings (SSSR count). The van der Waals surface area contributed by atoms with Gasteiger partial charge in [0, 0.05) is 0 Å². The summed E-state index contributed by atoms with van der Waals surface area (Å²) in [5, 5.41) is 0. The standard InChI is InChI=1S/C6H7FO/c1-4-8-6(3)5(2)7/h4H,1-3H2. The molecule has 0 heterocycles. The maximum atomic E-state index is 11.8. The second-order valence-electron chi connectivity index (χ2n) is 1.11. The summed E-state index contributed by atoms with van der Waals surface area (Å²) in [6.07, 6.45) is 1.09. The Balaban J connectivity index is 3.65. The average Bonchev–Trinajstić information content (AvgIpc) is 1.67. The molecule has 0 saturated carbocycles. The predicted octanol–water partition coefficient (Wildman–Crippen LogP) is 2.14. The van der Waals surface area contributed by atoms with Crippen molar-refractivity contribution in [2.45, 2.75) is 0 Å². The Morgan fingerprint density at radius 2 is 2.00 bits per heavy atom. The Labute approximate surface area is 47.8 Å². The molecule has 0 atom stereocenters. The van der Waals surface area contributed by atoms with E-state index in [0.717, 1.165) is 6.26 Å². The van der Waals surface area contributed by atoms with Crippen LogP contribution in [0.2, 0.25) is 0 Å². The van der Waals surface area contributed by atoms with Crippen molar-refractivity contribution in [3.63, 3.8) is 0 Å². The van der Waals surface area contributed by atoms with E-state index in [2.05, 4.69) is 24.5 Å². The van der Waals surface area contributed by atoms with Crippen LogP contribution in [0.3, 0.4) is 0 Å². The molecular formula is C6H7FO. The van der Waals surface area contributed by atoms with Crippen LogP contribution in [0.5, 0.6) is 0 Å². The van der Waals surface area contributed by atoms with Crippen molar-refractivity contribution in [2.24, 2.45) is 0 Å². The quantitative estimate of drug-likeness (QED) is 0.403. The lowest BCUT2D eigenvalue weighted by molar-refractivity contribution is 0.342. The zero-order chi connectivity index (χ0) is 6.57. The minimum absolute atomic E-state index is 0.0972. The van der Waals surface area contributed by atoms with Gasteiger partial charge < -0.3 is 4.74 Å². The number of ether oxygens (including phenoxy) is 1. The largest absolute Gasteiger partial charge is 0.463 e. The average molecular weight is 114 g/mol. The van der Waals surface area contributed by atoms with Crippen LogP contribution in [0.25, 0.3) is 0 Å². The molecule has 0 aromatic carbocycles. The molecular weight excluding hydrogens is 107 g/mol. The van der Waals surface area contributed by atoms with Gasteiger partial charge in [-0.1, -0.05) is 19.7 Å². The first-order valence-electron chi connectivity index (χ1n) is 1.99. The SMILES string of the molecule is C=COC(=C)C(=C)F. The fourth-order valence-corrected chi connectivity index (χ4v) is 0.165. The monoisotopic (exact) mass is 114 g/mol. The molecule has 0 aliphatic carbocycles. The highest BCUT2D eigenvalue weighted by Crippen LogP contribution is 2.06. The smallest absolute Gasteiger partial charge is 0.157 e. The number of rotatable bonds is 3. The molecule has 1 nitrogen and oxygen atoms in total. The van der Waals surface area contributed by atoms with Crippen LogP contribution in [0, 0.1) is 0 Å². The van der Waals surface area contributed by atoms with Crippen LogP contribution in [-0.4, -0.2) is 0 Å². The third-order valence-corrected chi connectivity index (χ3v) is 0.528. The van der Waals surface area contributed by atoms with Gasteiger partial charge in [-0.05, 0) is 0 Å². The van der Waals surface area contributed by atoms with Gasteiger partial charge in [0.25, 0.3) is 0 Å². The minimum atomic E-state index is -0.676. The van der Waals surface area contributed by atoms with Crippen LogP contribution in [-0.2, 0) is 4.74 Å². The van der Waals surface area contributed by atoms with E-state index in [1.807, 2.05) is 0 Å². The molecule has 44 valence electrons. The molecule has 8 heavy (non-hydrogen) atoms. The molecule has 0 aromatic rings. The molecule has 0 fully saturated rings. The summed E-state index contributed by atoms with van der Waals surface area (Å²) in [7, 11) is 0. The maximum absolute atomic E-state index is 11.8. The van der Waals surface area contributed by atoms with E-state index in [1.54, 1.807) is 0 Å². The van der Waals surface area contributed by atoms with E-state index >= 15 is 0 Å². The molecule has 0 N–H and O–H groups in total. The van der Waals surface area contributed by atoms with Crippen LogP contribution in [0.1, 0.15) is 0 Å². The van der Waals surface area contributed by atoms with Crippen LogP contribution in [0.15, 0.2) is 37.6 Å². The first-order valence-corrected chi connectivity index (χ1v) is 1.99. The lowest BCUT2D eigenvalue weighted by atomic mass is 10.5. The van der Waals surface area contributed by atoms with Crippen molar-refractivity contribution >= 4 is 0 Å². The fourth-order valence-electron chi connectivity index (χ4n) is 0.165. The Morgan fingerprint density at radius 3 is 2.12 bits per heavy atom. The van der Waals surface area contributed by atoms with E-state index in [0.29, 0.717) is 0 Å². The van der Waals surface area contributed by atoms with Gasteiger partial charge in [-0.15, -0.1) is 0 Å². The lowest BCUT2D eigenvalue weighted by Gasteiger charge is -1.96. The lowest BCUT2D eigenvalue weighted by Crippen LogP contribution is -1.79. The Morgan fingerprint density at radius 1 is 1.50 bits per heavy atom. The van der Waals surface area contributed by atoms with Gasteiger partial charge in [0.15, 0.2) is 11.6 Å². The highest BCUT2D eigenvalue weighted by atomic mass is 19.1. The van der Waals surface area contributed by atoms with E-state index in [-0.39, 0.29) is 5.76 Å². The van der Waals surface area contributed by atoms with Gasteiger partial charge in [0.2, 0.25) is 0 Å². The van der Waals surface area contributed by atoms with Crippen LogP contribution < -0.4 is 0 Å². The van der Waals surface area contributed by atoms with Gasteiger partial charge in [-0.3, -0.25) is 0 Å². The highest BCUT2D eigenvalue weighted by molar-refractivity contribution is 5.11. The third-order valence-electron chi connectivity index (χ3n) is 0.528. The highest BCUT2D eigenvalue weighted by Gasteiger charge is 1.93. The number of allylic oxidation sites excluding steroid dienone is 1. The molecule has 2 heteroatoms. The number of hydrogen-bond donors (Lipinski definition) is 0. The Bertz CT molecular complexity index is 126. The molecule has 0 bridgehead atoms. The molecule has 0 radical (unpaired) electrons. The van der Waals surface area contributed by atoms with Crippen molar-refractivity contribution in [3.05, 3.63) is 37.6 Å². The second kappa shape index (κ2) is 3.02. The number of hydrogen-bond acceptors (Lipinski definition) is 1. The predicted molar refractivity (Wildman–Crippen MR) is 30.7 cm³/mol. The minimum Gasteiger partial charge on any atom is -0.463 e.